The molecule has 0 aliphatic heterocycles. The van der Waals surface area contributed by atoms with Gasteiger partial charge in [-0.3, -0.25) is 18.9 Å². The van der Waals surface area contributed by atoms with Gasteiger partial charge in [0.25, 0.3) is 22.0 Å². The molecular formula is C22H22F16O12S. The Morgan fingerprint density at radius 1 is 0.627 bits per heavy atom. The van der Waals surface area contributed by atoms with Crippen LogP contribution in [0.25, 0.3) is 0 Å². The zero-order valence-electron chi connectivity index (χ0n) is 24.4. The summed E-state index contributed by atoms with van der Waals surface area (Å²) in [5.41, 5.74) is 0. The molecule has 300 valence electrons. The van der Waals surface area contributed by atoms with Crippen molar-refractivity contribution in [1.82, 2.24) is 0 Å². The molecule has 1 aliphatic rings. The van der Waals surface area contributed by atoms with Crippen molar-refractivity contribution in [3.8, 4) is 0 Å². The monoisotopic (exact) mass is 814 g/mol. The largest absolute Gasteiger partial charge is 0.463 e. The second-order valence-electron chi connectivity index (χ2n) is 9.92. The molecule has 0 aromatic rings. The van der Waals surface area contributed by atoms with E-state index in [0.29, 0.717) is 0 Å². The minimum absolute atomic E-state index is 1.34. The van der Waals surface area contributed by atoms with Crippen LogP contribution in [0.4, 0.5) is 70.2 Å². The Kier molecular flexibility index (Phi) is 15.2. The second kappa shape index (κ2) is 16.8. The normalized spacial score (nSPS) is 18.3. The number of alkyl halides is 16. The lowest BCUT2D eigenvalue weighted by Crippen LogP contribution is -2.62. The van der Waals surface area contributed by atoms with Crippen LogP contribution >= 0.6 is 0 Å². The Balaban J connectivity index is 3.12. The third-order valence-corrected chi connectivity index (χ3v) is 7.05. The smallest absolute Gasteiger partial charge is 0.423 e. The van der Waals surface area contributed by atoms with Crippen LogP contribution in [0.5, 0.6) is 0 Å². The first kappa shape index (κ1) is 46.1. The molecule has 1 aliphatic carbocycles. The highest BCUT2D eigenvalue weighted by atomic mass is 32.2. The quantitative estimate of drug-likeness (QED) is 0.0699. The number of carbonyl (C=O) groups is 3. The third kappa shape index (κ3) is 14.2. The predicted octanol–water partition coefficient (Wildman–Crippen LogP) is 3.96. The number of carbonyl (C=O) groups excluding carboxylic acids is 3. The standard InChI is InChI=1S/C22H22F16O12S/c23-17(24)8-18(25,26)14(17)48-5-3-47-13(41)11(51(42,43)44)9(12(40)46-2-6-50-16(21(33,34)35)22(36,37)38)7-10(39)45-1-4-49-15(19(27,28)29)20(30,31)32/h9,11,14-16H,1-8H2,(H,42,43,44). The molecule has 1 N–H and O–H groups in total. The van der Waals surface area contributed by atoms with Crippen molar-refractivity contribution in [2.75, 3.05) is 39.6 Å². The molecule has 51 heavy (non-hydrogen) atoms. The molecule has 1 saturated carbocycles. The maximum absolute atomic E-state index is 13.3. The summed E-state index contributed by atoms with van der Waals surface area (Å²) in [6, 6.07) is 0. The van der Waals surface area contributed by atoms with Crippen molar-refractivity contribution in [2.24, 2.45) is 5.92 Å². The molecule has 0 aromatic carbocycles. The minimum Gasteiger partial charge on any atom is -0.463 e. The summed E-state index contributed by atoms with van der Waals surface area (Å²) in [4.78, 5) is 37.3. The molecular weight excluding hydrogens is 792 g/mol. The highest BCUT2D eigenvalue weighted by Crippen LogP contribution is 2.51. The summed E-state index contributed by atoms with van der Waals surface area (Å²) in [5, 5.41) is -3.40. The Hall–Kier alpha value is -2.92. The number of hydrogen-bond acceptors (Lipinski definition) is 11. The molecule has 12 nitrogen and oxygen atoms in total. The molecule has 0 amide bonds. The topological polar surface area (TPSA) is 161 Å². The lowest BCUT2D eigenvalue weighted by atomic mass is 9.85. The van der Waals surface area contributed by atoms with E-state index in [1.165, 1.54) is 0 Å². The summed E-state index contributed by atoms with van der Waals surface area (Å²) >= 11 is 0. The summed E-state index contributed by atoms with van der Waals surface area (Å²) in [7, 11) is -6.06. The molecule has 1 rings (SSSR count). The van der Waals surface area contributed by atoms with Gasteiger partial charge in [0.05, 0.1) is 38.6 Å². The van der Waals surface area contributed by atoms with Gasteiger partial charge in [-0.2, -0.15) is 61.1 Å². The van der Waals surface area contributed by atoms with Crippen LogP contribution in [0.1, 0.15) is 12.8 Å². The van der Waals surface area contributed by atoms with Crippen LogP contribution in [0.15, 0.2) is 0 Å². The van der Waals surface area contributed by atoms with Gasteiger partial charge in [0.15, 0.2) is 11.4 Å². The molecule has 0 bridgehead atoms. The Bertz CT molecular complexity index is 1250. The van der Waals surface area contributed by atoms with Gasteiger partial charge >= 0.3 is 42.6 Å². The van der Waals surface area contributed by atoms with Gasteiger partial charge in [-0.15, -0.1) is 0 Å². The van der Waals surface area contributed by atoms with E-state index in [1.807, 2.05) is 0 Å². The van der Waals surface area contributed by atoms with Crippen molar-refractivity contribution in [3.63, 3.8) is 0 Å². The molecule has 0 saturated heterocycles. The molecule has 2 unspecified atom stereocenters. The van der Waals surface area contributed by atoms with E-state index in [1.54, 1.807) is 0 Å². The van der Waals surface area contributed by atoms with Gasteiger partial charge in [0, 0.05) is 0 Å². The SMILES string of the molecule is O=C(CC(C(=O)OCCOC(C(F)(F)F)C(F)(F)F)C(C(=O)OCCOC1C(F)(F)CC1(F)F)S(=O)(=O)O)OCCOC(C(F)(F)F)C(F)(F)F. The summed E-state index contributed by atoms with van der Waals surface area (Å²) < 4.78 is 261. The van der Waals surface area contributed by atoms with Crippen molar-refractivity contribution >= 4 is 28.0 Å². The van der Waals surface area contributed by atoms with Gasteiger partial charge < -0.3 is 28.4 Å². The maximum Gasteiger partial charge on any atom is 0.423 e. The number of ether oxygens (including phenoxy) is 6. The number of halogens is 16. The Morgan fingerprint density at radius 3 is 1.37 bits per heavy atom. The molecule has 1 fully saturated rings. The van der Waals surface area contributed by atoms with Gasteiger partial charge in [0.2, 0.25) is 12.2 Å². The lowest BCUT2D eigenvalue weighted by molar-refractivity contribution is -0.326. The summed E-state index contributed by atoms with van der Waals surface area (Å²) in [6.45, 7) is -9.39. The summed E-state index contributed by atoms with van der Waals surface area (Å²) in [6.07, 6.45) is -40.0. The minimum atomic E-state index is -6.08. The lowest BCUT2D eigenvalue weighted by Gasteiger charge is -2.43. The van der Waals surface area contributed by atoms with Gasteiger partial charge in [0.1, 0.15) is 19.8 Å². The van der Waals surface area contributed by atoms with Crippen molar-refractivity contribution in [1.29, 1.82) is 0 Å². The molecule has 2 atom stereocenters. The maximum atomic E-state index is 13.3. The van der Waals surface area contributed by atoms with Gasteiger partial charge in [-0.1, -0.05) is 0 Å². The number of esters is 3. The van der Waals surface area contributed by atoms with Gasteiger partial charge in [-0.25, -0.2) is 17.6 Å². The van der Waals surface area contributed by atoms with E-state index in [4.69, 9.17) is 0 Å². The van der Waals surface area contributed by atoms with E-state index in [9.17, 15) is 97.6 Å². The summed E-state index contributed by atoms with van der Waals surface area (Å²) in [5.74, 6) is -17.8. The average Bonchev–Trinajstić information content (AvgIpc) is 2.87. The van der Waals surface area contributed by atoms with Crippen LogP contribution < -0.4 is 0 Å². The van der Waals surface area contributed by atoms with E-state index < -0.39 is 147 Å². The second-order valence-corrected chi connectivity index (χ2v) is 11.5. The van der Waals surface area contributed by atoms with Crippen LogP contribution in [0.3, 0.4) is 0 Å². The first-order valence-electron chi connectivity index (χ1n) is 13.1. The van der Waals surface area contributed by atoms with E-state index >= 15 is 0 Å². The molecule has 0 spiro atoms. The van der Waals surface area contributed by atoms with Crippen molar-refractivity contribution < 1.29 is 126 Å². The average molecular weight is 814 g/mol. The third-order valence-electron chi connectivity index (χ3n) is 5.89. The first-order valence-corrected chi connectivity index (χ1v) is 14.6. The fourth-order valence-corrected chi connectivity index (χ4v) is 4.78. The highest BCUT2D eigenvalue weighted by molar-refractivity contribution is 7.87. The molecule has 0 radical (unpaired) electrons. The van der Waals surface area contributed by atoms with E-state index in [2.05, 4.69) is 28.4 Å². The van der Waals surface area contributed by atoms with Crippen LogP contribution in [-0.4, -0.2) is 131 Å². The van der Waals surface area contributed by atoms with E-state index in [0.717, 1.165) is 0 Å². The fraction of sp³-hybridized carbons (Fsp3) is 0.864. The van der Waals surface area contributed by atoms with E-state index in [-0.39, 0.29) is 0 Å². The molecule has 29 heteroatoms. The van der Waals surface area contributed by atoms with Crippen LogP contribution in [-0.2, 0) is 52.9 Å². The zero-order chi connectivity index (χ0) is 40.0. The van der Waals surface area contributed by atoms with Gasteiger partial charge in [-0.05, 0) is 0 Å². The number of rotatable bonds is 18. The highest BCUT2D eigenvalue weighted by Gasteiger charge is 2.70. The van der Waals surface area contributed by atoms with Crippen LogP contribution in [0.2, 0.25) is 0 Å². The van der Waals surface area contributed by atoms with Crippen molar-refractivity contribution in [2.45, 2.75) is 73.0 Å². The van der Waals surface area contributed by atoms with Crippen LogP contribution in [0, 0.1) is 5.92 Å². The predicted molar refractivity (Wildman–Crippen MR) is 124 cm³/mol. The molecule has 0 heterocycles. The van der Waals surface area contributed by atoms with Crippen molar-refractivity contribution in [3.05, 3.63) is 0 Å². The Labute approximate surface area is 273 Å². The fourth-order valence-electron chi connectivity index (χ4n) is 3.84. The zero-order valence-corrected chi connectivity index (χ0v) is 25.3. The molecule has 0 aromatic heterocycles. The number of hydrogen-bond donors (Lipinski definition) is 1. The Morgan fingerprint density at radius 2 is 1.00 bits per heavy atom. The first-order chi connectivity index (χ1) is 22.7.